The van der Waals surface area contributed by atoms with Gasteiger partial charge in [-0.3, -0.25) is 9.36 Å². The molecule has 1 aromatic carbocycles. The molecule has 6 nitrogen and oxygen atoms in total. The number of nitrogens with one attached hydrogen (secondary N) is 1. The van der Waals surface area contributed by atoms with Crippen LogP contribution < -0.4 is 11.1 Å². The lowest BCUT2D eigenvalue weighted by Gasteiger charge is -2.03. The second-order valence-corrected chi connectivity index (χ2v) is 4.71. The van der Waals surface area contributed by atoms with Gasteiger partial charge in [0, 0.05) is 13.6 Å². The van der Waals surface area contributed by atoms with Gasteiger partial charge in [0.2, 0.25) is 0 Å². The highest BCUT2D eigenvalue weighted by atomic mass is 16.4. The second kappa shape index (κ2) is 5.32. The normalized spacial score (nSPS) is 10.9. The van der Waals surface area contributed by atoms with E-state index < -0.39 is 0 Å². The van der Waals surface area contributed by atoms with Crippen molar-refractivity contribution in [3.63, 3.8) is 0 Å². The molecule has 0 aliphatic rings. The van der Waals surface area contributed by atoms with Crippen LogP contribution in [0.5, 0.6) is 0 Å². The first-order chi connectivity index (χ1) is 10.1. The minimum absolute atomic E-state index is 0.243. The van der Waals surface area contributed by atoms with E-state index in [1.165, 1.54) is 10.8 Å². The molecule has 2 aromatic heterocycles. The van der Waals surface area contributed by atoms with Gasteiger partial charge in [0.1, 0.15) is 0 Å². The Morgan fingerprint density at radius 1 is 1.33 bits per heavy atom. The lowest BCUT2D eigenvalue weighted by molar-refractivity contribution is 0.0926. The van der Waals surface area contributed by atoms with Crippen molar-refractivity contribution in [1.82, 2.24) is 9.88 Å². The van der Waals surface area contributed by atoms with E-state index >= 15 is 0 Å². The third-order valence-corrected chi connectivity index (χ3v) is 3.30. The van der Waals surface area contributed by atoms with E-state index in [-0.39, 0.29) is 11.7 Å². The fourth-order valence-corrected chi connectivity index (χ4v) is 2.15. The third kappa shape index (κ3) is 2.60. The molecule has 0 unspecified atom stereocenters. The number of amides is 1. The van der Waals surface area contributed by atoms with E-state index in [1.807, 2.05) is 18.2 Å². The average Bonchev–Trinajstić information content (AvgIpc) is 3.09. The van der Waals surface area contributed by atoms with Gasteiger partial charge in [-0.15, -0.1) is 0 Å². The number of aryl methyl sites for hydroxylation is 1. The van der Waals surface area contributed by atoms with Gasteiger partial charge < -0.3 is 14.2 Å². The molecular formula is C15H14N2O4. The van der Waals surface area contributed by atoms with E-state index in [1.54, 1.807) is 19.2 Å². The van der Waals surface area contributed by atoms with Crippen LogP contribution in [0.3, 0.4) is 0 Å². The van der Waals surface area contributed by atoms with Crippen LogP contribution in [0.4, 0.5) is 0 Å². The van der Waals surface area contributed by atoms with Crippen LogP contribution in [-0.2, 0) is 13.5 Å². The summed E-state index contributed by atoms with van der Waals surface area (Å²) in [5.74, 6) is -0.333. The van der Waals surface area contributed by atoms with Gasteiger partial charge in [0.15, 0.2) is 11.3 Å². The molecule has 3 rings (SSSR count). The molecule has 3 aromatic rings. The molecule has 1 amide bonds. The minimum Gasteiger partial charge on any atom is -0.459 e. The Labute approximate surface area is 120 Å². The number of furan rings is 1. The highest BCUT2D eigenvalue weighted by Gasteiger charge is 2.09. The fourth-order valence-electron chi connectivity index (χ4n) is 2.15. The van der Waals surface area contributed by atoms with E-state index in [0.29, 0.717) is 24.3 Å². The van der Waals surface area contributed by atoms with Crippen LogP contribution in [0, 0.1) is 0 Å². The van der Waals surface area contributed by atoms with Crippen molar-refractivity contribution in [1.29, 1.82) is 0 Å². The first kappa shape index (κ1) is 13.2. The van der Waals surface area contributed by atoms with Gasteiger partial charge in [-0.25, -0.2) is 4.79 Å². The summed E-state index contributed by atoms with van der Waals surface area (Å²) in [5, 5.41) is 2.77. The molecular weight excluding hydrogens is 272 g/mol. The Kier molecular flexibility index (Phi) is 3.35. The smallest absolute Gasteiger partial charge is 0.419 e. The van der Waals surface area contributed by atoms with Crippen molar-refractivity contribution >= 4 is 17.0 Å². The predicted molar refractivity (Wildman–Crippen MR) is 76.2 cm³/mol. The Balaban J connectivity index is 1.66. The number of oxazole rings is 1. The fraction of sp³-hybridized carbons (Fsp3) is 0.200. The van der Waals surface area contributed by atoms with E-state index in [2.05, 4.69) is 5.32 Å². The zero-order valence-corrected chi connectivity index (χ0v) is 11.5. The van der Waals surface area contributed by atoms with Crippen molar-refractivity contribution in [3.05, 3.63) is 58.5 Å². The Bertz CT molecular complexity index is 827. The van der Waals surface area contributed by atoms with Crippen molar-refractivity contribution in [2.75, 3.05) is 6.54 Å². The molecule has 6 heteroatoms. The van der Waals surface area contributed by atoms with Crippen LogP contribution >= 0.6 is 0 Å². The lowest BCUT2D eigenvalue weighted by Crippen LogP contribution is -2.25. The van der Waals surface area contributed by atoms with Crippen LogP contribution in [-0.4, -0.2) is 17.0 Å². The quantitative estimate of drug-likeness (QED) is 0.792. The van der Waals surface area contributed by atoms with Gasteiger partial charge in [-0.2, -0.15) is 0 Å². The molecule has 0 radical (unpaired) electrons. The lowest BCUT2D eigenvalue weighted by atomic mass is 10.1. The summed E-state index contributed by atoms with van der Waals surface area (Å²) in [7, 11) is 1.66. The largest absolute Gasteiger partial charge is 0.459 e. The van der Waals surface area contributed by atoms with Crippen molar-refractivity contribution in [2.45, 2.75) is 6.42 Å². The number of carbonyl (C=O) groups is 1. The highest BCUT2D eigenvalue weighted by Crippen LogP contribution is 2.14. The molecule has 0 saturated heterocycles. The maximum absolute atomic E-state index is 11.7. The molecule has 0 aliphatic heterocycles. The summed E-state index contributed by atoms with van der Waals surface area (Å²) in [5.41, 5.74) is 2.29. The van der Waals surface area contributed by atoms with Crippen LogP contribution in [0.15, 0.2) is 50.2 Å². The first-order valence-corrected chi connectivity index (χ1v) is 6.55. The van der Waals surface area contributed by atoms with Crippen molar-refractivity contribution < 1.29 is 13.6 Å². The molecule has 21 heavy (non-hydrogen) atoms. The summed E-state index contributed by atoms with van der Waals surface area (Å²) in [6.07, 6.45) is 2.10. The zero-order chi connectivity index (χ0) is 14.8. The summed E-state index contributed by atoms with van der Waals surface area (Å²) in [6, 6.07) is 8.84. The highest BCUT2D eigenvalue weighted by molar-refractivity contribution is 5.91. The van der Waals surface area contributed by atoms with Crippen molar-refractivity contribution in [2.24, 2.45) is 7.05 Å². The molecule has 108 valence electrons. The molecule has 0 aliphatic carbocycles. The minimum atomic E-state index is -0.381. The number of fused-ring (bicyclic) bond motifs is 1. The van der Waals surface area contributed by atoms with Gasteiger partial charge in [0.05, 0.1) is 11.8 Å². The third-order valence-electron chi connectivity index (χ3n) is 3.30. The maximum Gasteiger partial charge on any atom is 0.419 e. The average molecular weight is 286 g/mol. The number of rotatable bonds is 4. The predicted octanol–water partition coefficient (Wildman–Crippen LogP) is 1.70. The van der Waals surface area contributed by atoms with Gasteiger partial charge >= 0.3 is 5.76 Å². The van der Waals surface area contributed by atoms with E-state index in [0.717, 1.165) is 11.1 Å². The SMILES string of the molecule is Cn1c(=O)oc2cc(CCNC(=O)c3ccco3)ccc21. The van der Waals surface area contributed by atoms with Crippen molar-refractivity contribution in [3.8, 4) is 0 Å². The van der Waals surface area contributed by atoms with Gasteiger partial charge in [-0.1, -0.05) is 6.07 Å². The second-order valence-electron chi connectivity index (χ2n) is 4.71. The summed E-state index contributed by atoms with van der Waals surface area (Å²) >= 11 is 0. The van der Waals surface area contributed by atoms with Gasteiger partial charge in [0.25, 0.3) is 5.91 Å². The summed E-state index contributed by atoms with van der Waals surface area (Å²) in [4.78, 5) is 23.1. The molecule has 0 saturated carbocycles. The van der Waals surface area contributed by atoms with Crippen LogP contribution in [0.2, 0.25) is 0 Å². The van der Waals surface area contributed by atoms with E-state index in [9.17, 15) is 9.59 Å². The van der Waals surface area contributed by atoms with Crippen LogP contribution in [0.25, 0.3) is 11.1 Å². The van der Waals surface area contributed by atoms with Gasteiger partial charge in [-0.05, 0) is 36.2 Å². The van der Waals surface area contributed by atoms with Crippen LogP contribution in [0.1, 0.15) is 16.1 Å². The van der Waals surface area contributed by atoms with E-state index in [4.69, 9.17) is 8.83 Å². The standard InChI is InChI=1S/C15H14N2O4/c1-17-11-5-4-10(9-13(11)21-15(17)19)6-7-16-14(18)12-3-2-8-20-12/h2-5,8-9H,6-7H2,1H3,(H,16,18). The molecule has 2 heterocycles. The molecule has 0 fully saturated rings. The Hall–Kier alpha value is -2.76. The Morgan fingerprint density at radius 3 is 2.95 bits per heavy atom. The first-order valence-electron chi connectivity index (χ1n) is 6.55. The number of carbonyl (C=O) groups excluding carboxylic acids is 1. The molecule has 0 bridgehead atoms. The zero-order valence-electron chi connectivity index (χ0n) is 11.5. The summed E-state index contributed by atoms with van der Waals surface area (Å²) in [6.45, 7) is 0.474. The number of hydrogen-bond acceptors (Lipinski definition) is 4. The monoisotopic (exact) mass is 286 g/mol. The molecule has 0 spiro atoms. The number of hydrogen-bond donors (Lipinski definition) is 1. The topological polar surface area (TPSA) is 77.4 Å². The molecule has 0 atom stereocenters. The number of aromatic nitrogens is 1. The Morgan fingerprint density at radius 2 is 2.19 bits per heavy atom. The molecule has 1 N–H and O–H groups in total. The maximum atomic E-state index is 11.7. The summed E-state index contributed by atoms with van der Waals surface area (Å²) < 4.78 is 11.6. The number of benzene rings is 1. The number of nitrogens with zero attached hydrogens (tertiary/aromatic N) is 1.